The second-order valence-electron chi connectivity index (χ2n) is 13.7. The number of epoxide rings is 2. The van der Waals surface area contributed by atoms with Crippen LogP contribution in [0, 0.1) is 5.92 Å². The standard InChI is InChI=1S/C40H49N5O9/c1-26(2)18-34(38(48)43-21-36(46)42-17-16-27-8-12-30(13-9-27)51-22-32-24-53-32)44-39(49)35(19-28-6-4-3-5-7-28)45(37(47)20-41)40(50)29-10-14-31(15-11-29)52-23-33-25-54-33/h3-15,26,32-35H,16-25,41H2,1-2H3,(H,42,46)(H,43,48)(H,44,49)/t32?,33?,34-,35-/m0/s1. The van der Waals surface area contributed by atoms with Crippen LogP contribution in [0.25, 0.3) is 0 Å². The molecule has 0 saturated carbocycles. The van der Waals surface area contributed by atoms with Gasteiger partial charge in [0.1, 0.15) is 49.0 Å². The van der Waals surface area contributed by atoms with Crippen molar-refractivity contribution in [1.29, 1.82) is 0 Å². The highest BCUT2D eigenvalue weighted by atomic mass is 16.6. The Morgan fingerprint density at radius 3 is 1.94 bits per heavy atom. The van der Waals surface area contributed by atoms with Gasteiger partial charge in [0.25, 0.3) is 5.91 Å². The largest absolute Gasteiger partial charge is 0.491 e. The summed E-state index contributed by atoms with van der Waals surface area (Å²) in [6.07, 6.45) is 0.997. The Morgan fingerprint density at radius 2 is 1.39 bits per heavy atom. The highest BCUT2D eigenvalue weighted by molar-refractivity contribution is 6.08. The fourth-order valence-corrected chi connectivity index (χ4v) is 5.63. The lowest BCUT2D eigenvalue weighted by molar-refractivity contribution is -0.138. The quantitative estimate of drug-likeness (QED) is 0.117. The molecular formula is C40H49N5O9. The van der Waals surface area contributed by atoms with Crippen LogP contribution < -0.4 is 31.2 Å². The van der Waals surface area contributed by atoms with Gasteiger partial charge in [-0.15, -0.1) is 0 Å². The van der Waals surface area contributed by atoms with Crippen molar-refractivity contribution >= 4 is 29.5 Å². The first-order chi connectivity index (χ1) is 26.1. The molecule has 0 aromatic heterocycles. The number of benzene rings is 3. The van der Waals surface area contributed by atoms with E-state index in [1.54, 1.807) is 36.4 Å². The van der Waals surface area contributed by atoms with Crippen LogP contribution in [-0.4, -0.2) is 105 Å². The van der Waals surface area contributed by atoms with Crippen molar-refractivity contribution in [3.63, 3.8) is 0 Å². The van der Waals surface area contributed by atoms with Gasteiger partial charge in [0.05, 0.1) is 26.3 Å². The molecule has 0 bridgehead atoms. The van der Waals surface area contributed by atoms with Crippen LogP contribution in [0.5, 0.6) is 11.5 Å². The van der Waals surface area contributed by atoms with Crippen molar-refractivity contribution in [3.05, 3.63) is 95.6 Å². The van der Waals surface area contributed by atoms with Crippen molar-refractivity contribution in [3.8, 4) is 11.5 Å². The van der Waals surface area contributed by atoms with E-state index in [2.05, 4.69) is 16.0 Å². The molecule has 2 aliphatic heterocycles. The summed E-state index contributed by atoms with van der Waals surface area (Å²) in [5, 5.41) is 8.19. The minimum atomic E-state index is -1.35. The van der Waals surface area contributed by atoms with Gasteiger partial charge in [0.15, 0.2) is 0 Å². The van der Waals surface area contributed by atoms with E-state index >= 15 is 0 Å². The molecule has 2 saturated heterocycles. The number of amides is 5. The van der Waals surface area contributed by atoms with E-state index in [0.29, 0.717) is 44.1 Å². The number of nitrogens with zero attached hydrogens (tertiary/aromatic N) is 1. The third kappa shape index (κ3) is 12.7. The minimum absolute atomic E-state index is 0.0307. The van der Waals surface area contributed by atoms with Gasteiger partial charge in [-0.2, -0.15) is 0 Å². The van der Waals surface area contributed by atoms with E-state index in [-0.39, 0.29) is 43.1 Å². The highest BCUT2D eigenvalue weighted by Crippen LogP contribution is 2.20. The number of ether oxygens (including phenoxy) is 4. The number of rotatable bonds is 21. The summed E-state index contributed by atoms with van der Waals surface area (Å²) in [5.41, 5.74) is 7.61. The topological polar surface area (TPSA) is 194 Å². The molecule has 5 rings (SSSR count). The molecular weight excluding hydrogens is 694 g/mol. The van der Waals surface area contributed by atoms with E-state index in [4.69, 9.17) is 24.7 Å². The first-order valence-corrected chi connectivity index (χ1v) is 18.2. The van der Waals surface area contributed by atoms with Gasteiger partial charge in [0, 0.05) is 18.5 Å². The second kappa shape index (κ2) is 19.7. The summed E-state index contributed by atoms with van der Waals surface area (Å²) in [5.74, 6) is -1.95. The van der Waals surface area contributed by atoms with Gasteiger partial charge in [-0.25, -0.2) is 0 Å². The summed E-state index contributed by atoms with van der Waals surface area (Å²) in [6.45, 7) is 5.54. The van der Waals surface area contributed by atoms with E-state index in [9.17, 15) is 24.0 Å². The smallest absolute Gasteiger partial charge is 0.261 e. The number of carbonyl (C=O) groups excluding carboxylic acids is 5. The van der Waals surface area contributed by atoms with Gasteiger partial charge in [0.2, 0.25) is 23.6 Å². The molecule has 2 unspecified atom stereocenters. The van der Waals surface area contributed by atoms with Gasteiger partial charge in [-0.05, 0) is 66.3 Å². The summed E-state index contributed by atoms with van der Waals surface area (Å²) >= 11 is 0. The number of nitrogens with one attached hydrogen (secondary N) is 3. The van der Waals surface area contributed by atoms with Crippen LogP contribution in [0.2, 0.25) is 0 Å². The molecule has 2 aliphatic rings. The first-order valence-electron chi connectivity index (χ1n) is 18.2. The average Bonchev–Trinajstić information content (AvgIpc) is 4.12. The second-order valence-corrected chi connectivity index (χ2v) is 13.7. The summed E-state index contributed by atoms with van der Waals surface area (Å²) in [6, 6.07) is 20.3. The Labute approximate surface area is 315 Å². The fourth-order valence-electron chi connectivity index (χ4n) is 5.63. The molecule has 3 aromatic carbocycles. The number of hydrogen-bond acceptors (Lipinski definition) is 10. The molecule has 14 nitrogen and oxygen atoms in total. The Balaban J connectivity index is 1.21. The molecule has 0 radical (unpaired) electrons. The molecule has 4 atom stereocenters. The van der Waals surface area contributed by atoms with Crippen molar-refractivity contribution in [2.75, 3.05) is 46.1 Å². The lowest BCUT2D eigenvalue weighted by Gasteiger charge is -2.31. The Bertz CT molecular complexity index is 1710. The van der Waals surface area contributed by atoms with Crippen LogP contribution in [0.3, 0.4) is 0 Å². The SMILES string of the molecule is CC(C)C[C@H](NC(=O)[C@H](Cc1ccccc1)N(C(=O)CN)C(=O)c1ccc(OCC2CO2)cc1)C(=O)NCC(=O)NCCc1ccc(OCC2CO2)cc1. The zero-order valence-corrected chi connectivity index (χ0v) is 30.7. The summed E-state index contributed by atoms with van der Waals surface area (Å²) < 4.78 is 21.7. The number of carbonyl (C=O) groups is 5. The Hall–Kier alpha value is -5.31. The molecule has 3 aromatic rings. The highest BCUT2D eigenvalue weighted by Gasteiger charge is 2.37. The molecule has 5 amide bonds. The summed E-state index contributed by atoms with van der Waals surface area (Å²) in [4.78, 5) is 68.5. The lowest BCUT2D eigenvalue weighted by Crippen LogP contribution is -2.58. The number of hydrogen-bond donors (Lipinski definition) is 4. The van der Waals surface area contributed by atoms with Crippen LogP contribution in [0.4, 0.5) is 0 Å². The lowest BCUT2D eigenvalue weighted by atomic mass is 9.99. The van der Waals surface area contributed by atoms with Crippen molar-refractivity contribution < 1.29 is 42.9 Å². The molecule has 5 N–H and O–H groups in total. The predicted octanol–water partition coefficient (Wildman–Crippen LogP) is 1.79. The van der Waals surface area contributed by atoms with Crippen LogP contribution >= 0.6 is 0 Å². The zero-order valence-electron chi connectivity index (χ0n) is 30.7. The first kappa shape index (κ1) is 39.9. The van der Waals surface area contributed by atoms with Crippen molar-refractivity contribution in [2.24, 2.45) is 11.7 Å². The molecule has 0 spiro atoms. The molecule has 14 heteroatoms. The van der Waals surface area contributed by atoms with Gasteiger partial charge >= 0.3 is 0 Å². The van der Waals surface area contributed by atoms with Crippen molar-refractivity contribution in [2.45, 2.75) is 57.4 Å². The summed E-state index contributed by atoms with van der Waals surface area (Å²) in [7, 11) is 0. The number of nitrogens with two attached hydrogens (primary N) is 1. The normalized spacial score (nSPS) is 16.7. The van der Waals surface area contributed by atoms with E-state index in [1.165, 1.54) is 12.1 Å². The number of imide groups is 1. The Morgan fingerprint density at radius 1 is 0.796 bits per heavy atom. The molecule has 0 aliphatic carbocycles. The molecule has 288 valence electrons. The maximum Gasteiger partial charge on any atom is 0.261 e. The van der Waals surface area contributed by atoms with Crippen LogP contribution in [0.15, 0.2) is 78.9 Å². The van der Waals surface area contributed by atoms with Gasteiger partial charge in [-0.3, -0.25) is 28.9 Å². The third-order valence-corrected chi connectivity index (χ3v) is 8.75. The van der Waals surface area contributed by atoms with Crippen LogP contribution in [-0.2, 0) is 41.5 Å². The van der Waals surface area contributed by atoms with E-state index in [0.717, 1.165) is 22.8 Å². The monoisotopic (exact) mass is 743 g/mol. The minimum Gasteiger partial charge on any atom is -0.491 e. The van der Waals surface area contributed by atoms with Crippen molar-refractivity contribution in [1.82, 2.24) is 20.9 Å². The van der Waals surface area contributed by atoms with E-state index < -0.39 is 48.2 Å². The maximum atomic E-state index is 14.2. The predicted molar refractivity (Wildman–Crippen MR) is 199 cm³/mol. The maximum absolute atomic E-state index is 14.2. The van der Waals surface area contributed by atoms with Crippen LogP contribution in [0.1, 0.15) is 41.8 Å². The Kier molecular flexibility index (Phi) is 14.5. The average molecular weight is 744 g/mol. The molecule has 2 heterocycles. The van der Waals surface area contributed by atoms with Gasteiger partial charge in [-0.1, -0.05) is 56.3 Å². The third-order valence-electron chi connectivity index (χ3n) is 8.75. The molecule has 2 fully saturated rings. The molecule has 54 heavy (non-hydrogen) atoms. The van der Waals surface area contributed by atoms with Gasteiger partial charge < -0.3 is 40.6 Å². The zero-order chi connectivity index (χ0) is 38.5. The fraction of sp³-hybridized carbons (Fsp3) is 0.425. The van der Waals surface area contributed by atoms with E-state index in [1.807, 2.05) is 44.2 Å².